The zero-order chi connectivity index (χ0) is 31.7. The zero-order valence-electron chi connectivity index (χ0n) is 24.2. The molecule has 0 amide bonds. The highest BCUT2D eigenvalue weighted by atomic mass is 35.5. The molecule has 6 rings (SSSR count). The van der Waals surface area contributed by atoms with Crippen molar-refractivity contribution in [3.63, 3.8) is 0 Å². The molecule has 0 fully saturated rings. The van der Waals surface area contributed by atoms with Crippen LogP contribution < -0.4 is 20.7 Å². The fourth-order valence-electron chi connectivity index (χ4n) is 4.29. The van der Waals surface area contributed by atoms with Gasteiger partial charge in [-0.25, -0.2) is 4.39 Å². The number of nitrogens with zero attached hydrogens (tertiary/aromatic N) is 3. The van der Waals surface area contributed by atoms with Gasteiger partial charge in [0.05, 0.1) is 0 Å². The molecular formula is C36H26ClFN6O2. The summed E-state index contributed by atoms with van der Waals surface area (Å²) in [5.41, 5.74) is 3.33. The summed E-state index contributed by atoms with van der Waals surface area (Å²) in [5, 5.41) is 9.97. The topological polar surface area (TPSA) is 101 Å². The average molecular weight is 629 g/mol. The lowest BCUT2D eigenvalue weighted by atomic mass is 10.1. The zero-order valence-corrected chi connectivity index (χ0v) is 24.9. The Bertz CT molecular complexity index is 1900. The van der Waals surface area contributed by atoms with Gasteiger partial charge in [-0.1, -0.05) is 48.0 Å². The van der Waals surface area contributed by atoms with Crippen molar-refractivity contribution in [2.24, 2.45) is 0 Å². The normalized spacial score (nSPS) is 10.8. The first-order chi connectivity index (χ1) is 22.4. The molecule has 0 spiro atoms. The minimum absolute atomic E-state index is 0.152. The second-order valence-corrected chi connectivity index (χ2v) is 10.4. The largest absolute Gasteiger partial charge is 0.457 e. The van der Waals surface area contributed by atoms with Crippen LogP contribution in [0.25, 0.3) is 6.08 Å². The molecular weight excluding hydrogens is 603 g/mol. The third-order valence-electron chi connectivity index (χ3n) is 6.53. The third-order valence-corrected chi connectivity index (χ3v) is 6.78. The molecule has 0 unspecified atom stereocenters. The Hall–Kier alpha value is -6.06. The van der Waals surface area contributed by atoms with Crippen molar-refractivity contribution in [2.45, 2.75) is 0 Å². The van der Waals surface area contributed by atoms with Crippen molar-refractivity contribution in [3.8, 4) is 11.5 Å². The lowest BCUT2D eigenvalue weighted by molar-refractivity contribution is 0.104. The molecule has 0 bridgehead atoms. The fraction of sp³-hybridized carbons (Fsp3) is 0. The Labute approximate surface area is 269 Å². The predicted octanol–water partition coefficient (Wildman–Crippen LogP) is 9.58. The van der Waals surface area contributed by atoms with E-state index >= 15 is 0 Å². The van der Waals surface area contributed by atoms with E-state index in [1.165, 1.54) is 18.2 Å². The number of anilines is 6. The summed E-state index contributed by atoms with van der Waals surface area (Å²) in [6, 6.07) is 36.9. The number of nitrogens with one attached hydrogen (secondary N) is 3. The van der Waals surface area contributed by atoms with Crippen LogP contribution in [-0.2, 0) is 0 Å². The Morgan fingerprint density at radius 1 is 0.630 bits per heavy atom. The van der Waals surface area contributed by atoms with Crippen molar-refractivity contribution in [2.75, 3.05) is 16.0 Å². The number of carbonyl (C=O) groups is 1. The number of aromatic nitrogens is 3. The van der Waals surface area contributed by atoms with Crippen molar-refractivity contribution < 1.29 is 13.9 Å². The number of ketones is 1. The van der Waals surface area contributed by atoms with Crippen LogP contribution in [0.3, 0.4) is 0 Å². The first-order valence-corrected chi connectivity index (χ1v) is 14.6. The van der Waals surface area contributed by atoms with Crippen molar-refractivity contribution in [3.05, 3.63) is 155 Å². The van der Waals surface area contributed by atoms with Crippen molar-refractivity contribution in [1.82, 2.24) is 15.0 Å². The lowest BCUT2D eigenvalue weighted by Crippen LogP contribution is -2.07. The highest BCUT2D eigenvalue weighted by Crippen LogP contribution is 2.24. The number of hydrogen-bond donors (Lipinski definition) is 3. The van der Waals surface area contributed by atoms with Crippen LogP contribution in [0.1, 0.15) is 15.9 Å². The SMILES string of the molecule is O=C(/C=C/c1cccc(Oc2ccccc2)c1)c1ccc(Nc2nc(Nc3ccc(F)cc3)nc(Nc3ccc(Cl)cc3)n2)cc1. The molecule has 0 saturated carbocycles. The molecule has 8 nitrogen and oxygen atoms in total. The first-order valence-electron chi connectivity index (χ1n) is 14.2. The maximum Gasteiger partial charge on any atom is 0.233 e. The Morgan fingerprint density at radius 2 is 1.15 bits per heavy atom. The molecule has 0 atom stereocenters. The average Bonchev–Trinajstić information content (AvgIpc) is 3.07. The van der Waals surface area contributed by atoms with Gasteiger partial charge in [0.1, 0.15) is 17.3 Å². The summed E-state index contributed by atoms with van der Waals surface area (Å²) in [6.07, 6.45) is 3.28. The Morgan fingerprint density at radius 3 is 1.74 bits per heavy atom. The van der Waals surface area contributed by atoms with Gasteiger partial charge in [0.15, 0.2) is 5.78 Å². The predicted molar refractivity (Wildman–Crippen MR) is 180 cm³/mol. The van der Waals surface area contributed by atoms with E-state index in [0.29, 0.717) is 27.7 Å². The second kappa shape index (κ2) is 14.1. The molecule has 226 valence electrons. The van der Waals surface area contributed by atoms with Gasteiger partial charge in [0.25, 0.3) is 0 Å². The van der Waals surface area contributed by atoms with E-state index in [4.69, 9.17) is 16.3 Å². The summed E-state index contributed by atoms with van der Waals surface area (Å²) in [6.45, 7) is 0. The minimum atomic E-state index is -0.353. The van der Waals surface area contributed by atoms with Gasteiger partial charge in [0, 0.05) is 27.6 Å². The fourth-order valence-corrected chi connectivity index (χ4v) is 4.42. The molecule has 10 heteroatoms. The van der Waals surface area contributed by atoms with Gasteiger partial charge in [-0.2, -0.15) is 15.0 Å². The molecule has 6 aromatic rings. The van der Waals surface area contributed by atoms with Crippen LogP contribution in [0.5, 0.6) is 11.5 Å². The van der Waals surface area contributed by atoms with Crippen LogP contribution in [0.2, 0.25) is 5.02 Å². The van der Waals surface area contributed by atoms with Gasteiger partial charge < -0.3 is 20.7 Å². The molecule has 0 aliphatic carbocycles. The van der Waals surface area contributed by atoms with E-state index in [0.717, 1.165) is 17.0 Å². The molecule has 0 saturated heterocycles. The molecule has 1 heterocycles. The molecule has 0 aliphatic heterocycles. The number of allylic oxidation sites excluding steroid dienone is 1. The van der Waals surface area contributed by atoms with E-state index in [1.54, 1.807) is 66.7 Å². The molecule has 3 N–H and O–H groups in total. The van der Waals surface area contributed by atoms with E-state index in [9.17, 15) is 9.18 Å². The molecule has 1 aromatic heterocycles. The monoisotopic (exact) mass is 628 g/mol. The highest BCUT2D eigenvalue weighted by Gasteiger charge is 2.10. The van der Waals surface area contributed by atoms with Crippen molar-refractivity contribution >= 4 is 58.4 Å². The standard InChI is InChI=1S/C36H26ClFN6O2/c37-26-12-18-29(19-13-26)40-35-42-34(43-36(44-35)41-30-20-14-27(38)15-21-30)39-28-16-10-25(11-17-28)33(45)22-9-24-5-4-8-32(23-24)46-31-6-2-1-3-7-31/h1-23H,(H3,39,40,41,42,43,44)/b22-9+. The number of carbonyl (C=O) groups excluding carboxylic acids is 1. The molecule has 0 aliphatic rings. The summed E-state index contributed by atoms with van der Waals surface area (Å²) in [7, 11) is 0. The maximum absolute atomic E-state index is 13.4. The first kappa shape index (κ1) is 30.0. The number of ether oxygens (including phenoxy) is 1. The summed E-state index contributed by atoms with van der Waals surface area (Å²) in [5.74, 6) is 1.65. The van der Waals surface area contributed by atoms with E-state index in [1.807, 2.05) is 54.6 Å². The summed E-state index contributed by atoms with van der Waals surface area (Å²) in [4.78, 5) is 26.3. The van der Waals surface area contributed by atoms with Gasteiger partial charge in [-0.05, 0) is 109 Å². The number of rotatable bonds is 11. The Kier molecular flexibility index (Phi) is 9.22. The second-order valence-electron chi connectivity index (χ2n) is 9.96. The van der Waals surface area contributed by atoms with Crippen molar-refractivity contribution in [1.29, 1.82) is 0 Å². The minimum Gasteiger partial charge on any atom is -0.457 e. The third kappa shape index (κ3) is 8.31. The lowest BCUT2D eigenvalue weighted by Gasteiger charge is -2.12. The smallest absolute Gasteiger partial charge is 0.233 e. The van der Waals surface area contributed by atoms with Gasteiger partial charge >= 0.3 is 0 Å². The van der Waals surface area contributed by atoms with Gasteiger partial charge in [0.2, 0.25) is 17.8 Å². The Balaban J connectivity index is 1.15. The number of para-hydroxylation sites is 1. The molecule has 46 heavy (non-hydrogen) atoms. The highest BCUT2D eigenvalue weighted by molar-refractivity contribution is 6.30. The molecule has 0 radical (unpaired) electrons. The molecule has 5 aromatic carbocycles. The number of benzene rings is 5. The van der Waals surface area contributed by atoms with Crippen LogP contribution in [0, 0.1) is 5.82 Å². The van der Waals surface area contributed by atoms with Crippen LogP contribution in [0.4, 0.5) is 39.3 Å². The summed E-state index contributed by atoms with van der Waals surface area (Å²) >= 11 is 6.02. The van der Waals surface area contributed by atoms with Gasteiger partial charge in [-0.3, -0.25) is 4.79 Å². The summed E-state index contributed by atoms with van der Waals surface area (Å²) < 4.78 is 19.3. The number of halogens is 2. The van der Waals surface area contributed by atoms with Crippen LogP contribution in [-0.4, -0.2) is 20.7 Å². The van der Waals surface area contributed by atoms with Crippen LogP contribution in [0.15, 0.2) is 133 Å². The number of hydrogen-bond acceptors (Lipinski definition) is 8. The maximum atomic E-state index is 13.4. The van der Waals surface area contributed by atoms with Gasteiger partial charge in [-0.15, -0.1) is 0 Å². The van der Waals surface area contributed by atoms with E-state index < -0.39 is 0 Å². The van der Waals surface area contributed by atoms with Crippen LogP contribution >= 0.6 is 11.6 Å². The van der Waals surface area contributed by atoms with E-state index in [-0.39, 0.29) is 29.4 Å². The van der Waals surface area contributed by atoms with E-state index in [2.05, 4.69) is 30.9 Å². The quantitative estimate of drug-likeness (QED) is 0.0963.